The lowest BCUT2D eigenvalue weighted by molar-refractivity contribution is -0.142. The minimum Gasteiger partial charge on any atom is -0.495 e. The number of nitrogens with zero attached hydrogens (tertiary/aromatic N) is 1. The maximum absolute atomic E-state index is 14.5. The Morgan fingerprint density at radius 1 is 1.27 bits per heavy atom. The van der Waals surface area contributed by atoms with Crippen LogP contribution < -0.4 is 26.0 Å². The lowest BCUT2D eigenvalue weighted by Gasteiger charge is -2.42. The first-order valence-corrected chi connectivity index (χ1v) is 16.4. The van der Waals surface area contributed by atoms with Crippen molar-refractivity contribution in [1.29, 1.82) is 0 Å². The number of hydrogen-bond acceptors (Lipinski definition) is 10. The third-order valence-electron chi connectivity index (χ3n) is 9.47. The van der Waals surface area contributed by atoms with E-state index in [0.29, 0.717) is 29.4 Å². The first kappa shape index (κ1) is 36.2. The van der Waals surface area contributed by atoms with Crippen LogP contribution in [-0.4, -0.2) is 80.8 Å². The molecule has 14 heteroatoms. The number of rotatable bonds is 4. The molecule has 2 aromatic carbocycles. The van der Waals surface area contributed by atoms with E-state index in [1.54, 1.807) is 26.2 Å². The predicted molar refractivity (Wildman–Crippen MR) is 183 cm³/mol. The van der Waals surface area contributed by atoms with Crippen LogP contribution in [0.5, 0.6) is 5.75 Å². The highest BCUT2D eigenvalue weighted by Crippen LogP contribution is 2.49. The molecule has 12 nitrogen and oxygen atoms in total. The van der Waals surface area contributed by atoms with Gasteiger partial charge in [-0.15, -0.1) is 0 Å². The van der Waals surface area contributed by atoms with Gasteiger partial charge < -0.3 is 39.4 Å². The molecule has 0 aliphatic carbocycles. The molecule has 0 saturated carbocycles. The largest absolute Gasteiger partial charge is 0.495 e. The average Bonchev–Trinajstić information content (AvgIpc) is 3.74. The molecule has 0 radical (unpaired) electrons. The molecule has 2 saturated heterocycles. The number of anilines is 3. The zero-order valence-electron chi connectivity index (χ0n) is 28.4. The smallest absolute Gasteiger partial charge is 0.412 e. The summed E-state index contributed by atoms with van der Waals surface area (Å²) in [5.74, 6) is -0.648. The lowest BCUT2D eigenvalue weighted by Crippen LogP contribution is -2.63. The summed E-state index contributed by atoms with van der Waals surface area (Å²) in [6.45, 7) is 5.99. The normalized spacial score (nSPS) is 32.0. The Morgan fingerprint density at radius 3 is 2.71 bits per heavy atom. The van der Waals surface area contributed by atoms with Crippen LogP contribution in [0.15, 0.2) is 54.1 Å². The highest BCUT2D eigenvalue weighted by Gasteiger charge is 2.64. The molecule has 0 unspecified atom stereocenters. The molecule has 49 heavy (non-hydrogen) atoms. The summed E-state index contributed by atoms with van der Waals surface area (Å²) in [5.41, 5.74) is 5.61. The third-order valence-corrected chi connectivity index (χ3v) is 9.85. The second-order valence-corrected chi connectivity index (χ2v) is 13.5. The summed E-state index contributed by atoms with van der Waals surface area (Å²) in [6, 6.07) is 7.76. The maximum atomic E-state index is 14.5. The molecule has 5 rings (SSSR count). The molecule has 3 aliphatic rings. The van der Waals surface area contributed by atoms with Crippen molar-refractivity contribution < 1.29 is 42.8 Å². The van der Waals surface area contributed by atoms with Crippen molar-refractivity contribution in [2.24, 2.45) is 5.92 Å². The van der Waals surface area contributed by atoms with E-state index in [0.717, 1.165) is 17.2 Å². The molecule has 2 fully saturated rings. The predicted octanol–water partition coefficient (Wildman–Crippen LogP) is 5.57. The summed E-state index contributed by atoms with van der Waals surface area (Å²) in [5, 5.41) is 17.1. The van der Waals surface area contributed by atoms with Crippen molar-refractivity contribution in [3.8, 4) is 5.75 Å². The highest BCUT2D eigenvalue weighted by molar-refractivity contribution is 6.34. The molecule has 3 heterocycles. The van der Waals surface area contributed by atoms with Crippen molar-refractivity contribution in [1.82, 2.24) is 5.32 Å². The maximum Gasteiger partial charge on any atom is 0.412 e. The molecule has 5 N–H and O–H groups in total. The van der Waals surface area contributed by atoms with Gasteiger partial charge in [0.2, 0.25) is 0 Å². The molecule has 4 bridgehead atoms. The summed E-state index contributed by atoms with van der Waals surface area (Å²) in [4.78, 5) is 27.9. The van der Waals surface area contributed by atoms with Crippen molar-refractivity contribution in [3.63, 3.8) is 0 Å². The Balaban J connectivity index is 1.51. The Bertz CT molecular complexity index is 1640. The number of ether oxygens (including phenoxy) is 5. The second kappa shape index (κ2) is 14.4. The Morgan fingerprint density at radius 2 is 2.02 bits per heavy atom. The summed E-state index contributed by atoms with van der Waals surface area (Å²) in [7, 11) is 4.87. The van der Waals surface area contributed by atoms with Crippen molar-refractivity contribution in [3.05, 3.63) is 70.5 Å². The molecule has 2 amide bonds. The molecule has 0 spiro atoms. The topological polar surface area (TPSA) is 157 Å². The van der Waals surface area contributed by atoms with Crippen LogP contribution in [0.4, 0.5) is 31.0 Å². The number of halogens is 2. The number of allylic oxidation sites excluding steroid dienone is 3. The number of nitrogens with two attached hydrogens (primary N) is 1. The van der Waals surface area contributed by atoms with Gasteiger partial charge in [0.1, 0.15) is 40.5 Å². The Kier molecular flexibility index (Phi) is 10.7. The fourth-order valence-electron chi connectivity index (χ4n) is 6.64. The van der Waals surface area contributed by atoms with Gasteiger partial charge in [0.25, 0.3) is 0 Å². The monoisotopic (exact) mass is 702 g/mol. The molecule has 266 valence electrons. The minimum atomic E-state index is -1.78. The highest BCUT2D eigenvalue weighted by atomic mass is 35.5. The number of aliphatic hydroxyl groups is 1. The van der Waals surface area contributed by atoms with Crippen LogP contribution in [-0.2, 0) is 25.4 Å². The van der Waals surface area contributed by atoms with Crippen LogP contribution in [0.25, 0.3) is 0 Å². The number of carbonyl (C=O) groups is 2. The number of nitrogens with one attached hydrogen (secondary N) is 2. The molecular weight excluding hydrogens is 659 g/mol. The molecular formula is C35H44ClFN4O8. The Labute approximate surface area is 290 Å². The summed E-state index contributed by atoms with van der Waals surface area (Å²) < 4.78 is 43.6. The van der Waals surface area contributed by atoms with Gasteiger partial charge in [0.15, 0.2) is 5.72 Å². The standard InChI is InChI=1S/C35H44ClFN4O8/c1-19-8-7-9-29(46-6)35(44)18-27(47-33(43)40-35)20(2)31-34(3,49-31)28(48-32(42)39-24-11-10-22(38)17-23(24)37)12-13-41(4)25-15-21(14-19)16-26(45-5)30(25)36/h7-11,15-17,20,27-29,31,44H,12-14,18,38H2,1-6H3,(H,39,42)(H,40,43)/b9-7+,19-8+/t20-,27+,28+,29-,31+,34+,35+/m1/s1. The molecule has 3 aliphatic heterocycles. The minimum absolute atomic E-state index is 0.00329. The van der Waals surface area contributed by atoms with Crippen LogP contribution in [0, 0.1) is 11.7 Å². The summed E-state index contributed by atoms with van der Waals surface area (Å²) >= 11 is 6.79. The SMILES string of the molecule is COc1cc2cc(c1Cl)N(C)CC[C@H](OC(=O)Nc1ccc(N)cc1F)[C@]1(C)O[C@H]1[C@H](C)[C@@H]1C[C@@](O)(NC(=O)O1)[C@H](OC)/C=C/C=C(\C)C2. The van der Waals surface area contributed by atoms with Gasteiger partial charge in [0.05, 0.1) is 24.6 Å². The van der Waals surface area contributed by atoms with Gasteiger partial charge in [-0.1, -0.05) is 42.3 Å². The van der Waals surface area contributed by atoms with Gasteiger partial charge in [-0.25, -0.2) is 14.0 Å². The second-order valence-electron chi connectivity index (χ2n) is 13.1. The van der Waals surface area contributed by atoms with Crippen LogP contribution in [0.2, 0.25) is 5.02 Å². The number of amides is 2. The number of methoxy groups -OCH3 is 2. The van der Waals surface area contributed by atoms with Gasteiger partial charge in [-0.2, -0.15) is 0 Å². The van der Waals surface area contributed by atoms with Crippen molar-refractivity contribution >= 4 is 40.8 Å². The van der Waals surface area contributed by atoms with E-state index >= 15 is 0 Å². The zero-order chi connectivity index (χ0) is 35.7. The average molecular weight is 703 g/mol. The quantitative estimate of drug-likeness (QED) is 0.235. The van der Waals surface area contributed by atoms with Crippen molar-refractivity contribution in [2.45, 2.75) is 75.8 Å². The zero-order valence-corrected chi connectivity index (χ0v) is 29.2. The van der Waals surface area contributed by atoms with E-state index in [1.165, 1.54) is 19.2 Å². The van der Waals surface area contributed by atoms with Gasteiger partial charge in [-0.3, -0.25) is 10.6 Å². The number of benzene rings is 2. The van der Waals surface area contributed by atoms with Crippen LogP contribution in [0.3, 0.4) is 0 Å². The summed E-state index contributed by atoms with van der Waals surface area (Å²) in [6.07, 6.45) is 1.44. The van der Waals surface area contributed by atoms with E-state index in [4.69, 9.17) is 41.0 Å². The van der Waals surface area contributed by atoms with E-state index in [1.807, 2.05) is 44.0 Å². The first-order chi connectivity index (χ1) is 23.2. The van der Waals surface area contributed by atoms with E-state index in [2.05, 4.69) is 10.6 Å². The first-order valence-electron chi connectivity index (χ1n) is 16.0. The number of carbonyl (C=O) groups excluding carboxylic acids is 2. The van der Waals surface area contributed by atoms with Crippen LogP contribution in [0.1, 0.15) is 39.2 Å². The third kappa shape index (κ3) is 7.90. The van der Waals surface area contributed by atoms with E-state index < -0.39 is 59.7 Å². The number of alkyl carbamates (subject to hydrolysis) is 1. The number of fused-ring (bicyclic) bond motifs is 5. The van der Waals surface area contributed by atoms with Gasteiger partial charge in [-0.05, 0) is 56.2 Å². The van der Waals surface area contributed by atoms with Crippen LogP contribution >= 0.6 is 11.6 Å². The van der Waals surface area contributed by atoms with E-state index in [9.17, 15) is 19.1 Å². The molecule has 7 atom stereocenters. The lowest BCUT2D eigenvalue weighted by atomic mass is 9.83. The number of hydrogen-bond donors (Lipinski definition) is 4. The molecule has 0 aromatic heterocycles. The fraction of sp³-hybridized carbons (Fsp3) is 0.486. The van der Waals surface area contributed by atoms with Crippen molar-refractivity contribution in [2.75, 3.05) is 43.8 Å². The number of nitrogen functional groups attached to an aromatic ring is 1. The van der Waals surface area contributed by atoms with Gasteiger partial charge >= 0.3 is 12.2 Å². The number of epoxide rings is 1. The Hall–Kier alpha value is -4.04. The van der Waals surface area contributed by atoms with Gasteiger partial charge in [0, 0.05) is 45.1 Å². The van der Waals surface area contributed by atoms with E-state index in [-0.39, 0.29) is 24.2 Å². The fourth-order valence-corrected chi connectivity index (χ4v) is 6.97. The molecule has 2 aromatic rings.